The normalized spacial score (nSPS) is 26.5. The van der Waals surface area contributed by atoms with Crippen molar-refractivity contribution in [2.45, 2.75) is 57.4 Å². The quantitative estimate of drug-likeness (QED) is 0.839. The summed E-state index contributed by atoms with van der Waals surface area (Å²) in [5.74, 6) is 0.107. The number of amides is 1. The maximum absolute atomic E-state index is 12.5. The first-order chi connectivity index (χ1) is 10.6. The Morgan fingerprint density at radius 3 is 1.95 bits per heavy atom. The van der Waals surface area contributed by atoms with E-state index >= 15 is 0 Å². The fourth-order valence-corrected chi connectivity index (χ4v) is 5.54. The minimum absolute atomic E-state index is 0.0226. The van der Waals surface area contributed by atoms with Crippen LogP contribution in [0.25, 0.3) is 0 Å². The lowest BCUT2D eigenvalue weighted by Gasteiger charge is -2.33. The summed E-state index contributed by atoms with van der Waals surface area (Å²) in [5.41, 5.74) is 0. The summed E-state index contributed by atoms with van der Waals surface area (Å²) < 4.78 is 28.1. The number of nitrogens with zero attached hydrogens (tertiary/aromatic N) is 2. The predicted molar refractivity (Wildman–Crippen MR) is 84.4 cm³/mol. The molecule has 1 saturated carbocycles. The van der Waals surface area contributed by atoms with Crippen LogP contribution in [0.4, 0.5) is 0 Å². The highest BCUT2D eigenvalue weighted by molar-refractivity contribution is 7.86. The number of carbonyl (C=O) groups excluding carboxylic acids is 1. The van der Waals surface area contributed by atoms with Gasteiger partial charge < -0.3 is 5.32 Å². The third-order valence-corrected chi connectivity index (χ3v) is 7.28. The summed E-state index contributed by atoms with van der Waals surface area (Å²) in [5, 5.41) is 3.14. The predicted octanol–water partition coefficient (Wildman–Crippen LogP) is 1.10. The Morgan fingerprint density at radius 1 is 0.818 bits per heavy atom. The highest BCUT2D eigenvalue weighted by atomic mass is 32.2. The number of hydrogen-bond acceptors (Lipinski definition) is 3. The van der Waals surface area contributed by atoms with E-state index in [2.05, 4.69) is 5.32 Å². The van der Waals surface area contributed by atoms with Crippen molar-refractivity contribution in [1.82, 2.24) is 13.9 Å². The van der Waals surface area contributed by atoms with Gasteiger partial charge in [0, 0.05) is 38.1 Å². The van der Waals surface area contributed by atoms with Crippen molar-refractivity contribution in [3.05, 3.63) is 0 Å². The molecule has 1 aliphatic carbocycles. The van der Waals surface area contributed by atoms with Crippen molar-refractivity contribution in [1.29, 1.82) is 0 Å². The molecule has 1 N–H and O–H groups in total. The molecule has 0 bridgehead atoms. The van der Waals surface area contributed by atoms with Gasteiger partial charge in [0.05, 0.1) is 0 Å². The van der Waals surface area contributed by atoms with E-state index in [0.29, 0.717) is 45.1 Å². The standard InChI is InChI=1S/C15H27N3O3S/c19-15(16-14-5-1-2-6-14)13-7-11-18(12-8-13)22(20,21)17-9-3-4-10-17/h13-14H,1-12H2,(H,16,19). The van der Waals surface area contributed by atoms with Crippen LogP contribution in [0, 0.1) is 5.92 Å². The van der Waals surface area contributed by atoms with Crippen LogP contribution in [0.1, 0.15) is 51.4 Å². The smallest absolute Gasteiger partial charge is 0.281 e. The highest BCUT2D eigenvalue weighted by Crippen LogP contribution is 2.25. The molecule has 0 aromatic carbocycles. The zero-order valence-electron chi connectivity index (χ0n) is 13.2. The minimum Gasteiger partial charge on any atom is -0.353 e. The van der Waals surface area contributed by atoms with E-state index in [0.717, 1.165) is 25.7 Å². The summed E-state index contributed by atoms with van der Waals surface area (Å²) in [4.78, 5) is 12.3. The van der Waals surface area contributed by atoms with E-state index in [9.17, 15) is 13.2 Å². The third-order valence-electron chi connectivity index (χ3n) is 5.24. The van der Waals surface area contributed by atoms with Gasteiger partial charge in [0.15, 0.2) is 0 Å². The van der Waals surface area contributed by atoms with Crippen LogP contribution in [-0.4, -0.2) is 55.2 Å². The van der Waals surface area contributed by atoms with Crippen LogP contribution in [0.3, 0.4) is 0 Å². The van der Waals surface area contributed by atoms with E-state index in [1.54, 1.807) is 8.61 Å². The molecule has 22 heavy (non-hydrogen) atoms. The molecule has 0 aromatic heterocycles. The van der Waals surface area contributed by atoms with Crippen LogP contribution in [0.2, 0.25) is 0 Å². The number of carbonyl (C=O) groups is 1. The Kier molecular flexibility index (Phi) is 5.04. The molecule has 0 atom stereocenters. The van der Waals surface area contributed by atoms with Gasteiger partial charge in [-0.25, -0.2) is 0 Å². The van der Waals surface area contributed by atoms with Crippen molar-refractivity contribution in [2.75, 3.05) is 26.2 Å². The average molecular weight is 329 g/mol. The van der Waals surface area contributed by atoms with Gasteiger partial charge in [0.1, 0.15) is 0 Å². The van der Waals surface area contributed by atoms with Gasteiger partial charge in [0.25, 0.3) is 10.2 Å². The van der Waals surface area contributed by atoms with Crippen LogP contribution < -0.4 is 5.32 Å². The molecule has 2 heterocycles. The van der Waals surface area contributed by atoms with Crippen LogP contribution in [-0.2, 0) is 15.0 Å². The van der Waals surface area contributed by atoms with Gasteiger partial charge in [-0.05, 0) is 38.5 Å². The Balaban J connectivity index is 1.50. The maximum atomic E-state index is 12.5. The first kappa shape index (κ1) is 16.2. The Bertz CT molecular complexity index is 488. The molecule has 0 spiro atoms. The highest BCUT2D eigenvalue weighted by Gasteiger charge is 2.36. The Labute approximate surface area is 133 Å². The first-order valence-corrected chi connectivity index (χ1v) is 10.0. The van der Waals surface area contributed by atoms with Crippen molar-refractivity contribution in [3.63, 3.8) is 0 Å². The maximum Gasteiger partial charge on any atom is 0.281 e. The van der Waals surface area contributed by atoms with E-state index < -0.39 is 10.2 Å². The van der Waals surface area contributed by atoms with Gasteiger partial charge in [-0.1, -0.05) is 12.8 Å². The minimum atomic E-state index is -3.30. The molecule has 0 radical (unpaired) electrons. The fourth-order valence-electron chi connectivity index (χ4n) is 3.82. The number of rotatable bonds is 4. The van der Waals surface area contributed by atoms with Crippen molar-refractivity contribution >= 4 is 16.1 Å². The molecule has 7 heteroatoms. The lowest BCUT2D eigenvalue weighted by atomic mass is 9.97. The molecule has 126 valence electrons. The van der Waals surface area contributed by atoms with Gasteiger partial charge in [-0.3, -0.25) is 4.79 Å². The number of piperidine rings is 1. The molecule has 0 unspecified atom stereocenters. The molecule has 2 saturated heterocycles. The largest absolute Gasteiger partial charge is 0.353 e. The second-order valence-electron chi connectivity index (χ2n) is 6.78. The summed E-state index contributed by atoms with van der Waals surface area (Å²) in [6.45, 7) is 2.23. The summed E-state index contributed by atoms with van der Waals surface area (Å²) in [6.07, 6.45) is 7.80. The zero-order chi connectivity index (χ0) is 15.6. The average Bonchev–Trinajstić information content (AvgIpc) is 3.21. The molecule has 3 aliphatic rings. The van der Waals surface area contributed by atoms with Crippen molar-refractivity contribution < 1.29 is 13.2 Å². The van der Waals surface area contributed by atoms with Crippen LogP contribution >= 0.6 is 0 Å². The van der Waals surface area contributed by atoms with E-state index in [-0.39, 0.29) is 11.8 Å². The summed E-state index contributed by atoms with van der Waals surface area (Å²) >= 11 is 0. The van der Waals surface area contributed by atoms with Gasteiger partial charge >= 0.3 is 0 Å². The Hall–Kier alpha value is -0.660. The second-order valence-corrected chi connectivity index (χ2v) is 8.71. The lowest BCUT2D eigenvalue weighted by molar-refractivity contribution is -0.126. The lowest BCUT2D eigenvalue weighted by Crippen LogP contribution is -2.48. The van der Waals surface area contributed by atoms with Gasteiger partial charge in [-0.2, -0.15) is 17.0 Å². The zero-order valence-corrected chi connectivity index (χ0v) is 14.0. The van der Waals surface area contributed by atoms with Gasteiger partial charge in [0.2, 0.25) is 5.91 Å². The van der Waals surface area contributed by atoms with Crippen LogP contribution in [0.15, 0.2) is 0 Å². The first-order valence-electron chi connectivity index (χ1n) is 8.63. The van der Waals surface area contributed by atoms with E-state index in [1.807, 2.05) is 0 Å². The molecule has 3 rings (SSSR count). The number of nitrogens with one attached hydrogen (secondary N) is 1. The SMILES string of the molecule is O=C(NC1CCCC1)C1CCN(S(=O)(=O)N2CCCC2)CC1. The number of hydrogen-bond donors (Lipinski definition) is 1. The van der Waals surface area contributed by atoms with E-state index in [1.165, 1.54) is 12.8 Å². The summed E-state index contributed by atoms with van der Waals surface area (Å²) in [7, 11) is -3.30. The fraction of sp³-hybridized carbons (Fsp3) is 0.933. The van der Waals surface area contributed by atoms with E-state index in [4.69, 9.17) is 0 Å². The molecule has 2 aliphatic heterocycles. The van der Waals surface area contributed by atoms with Crippen molar-refractivity contribution in [3.8, 4) is 0 Å². The second kappa shape index (κ2) is 6.84. The van der Waals surface area contributed by atoms with Crippen molar-refractivity contribution in [2.24, 2.45) is 5.92 Å². The molecule has 0 aromatic rings. The van der Waals surface area contributed by atoms with Gasteiger partial charge in [-0.15, -0.1) is 0 Å². The Morgan fingerprint density at radius 2 is 1.36 bits per heavy atom. The topological polar surface area (TPSA) is 69.7 Å². The molecular formula is C15H27N3O3S. The molecule has 3 fully saturated rings. The molecular weight excluding hydrogens is 302 g/mol. The third kappa shape index (κ3) is 3.46. The molecule has 1 amide bonds. The van der Waals surface area contributed by atoms with Crippen LogP contribution in [0.5, 0.6) is 0 Å². The monoisotopic (exact) mass is 329 g/mol. The molecule has 6 nitrogen and oxygen atoms in total. The summed E-state index contributed by atoms with van der Waals surface area (Å²) in [6, 6.07) is 0.346.